The average molecular weight is 299 g/mol. The zero-order valence-electron chi connectivity index (χ0n) is 12.7. The summed E-state index contributed by atoms with van der Waals surface area (Å²) in [5.74, 6) is 0.815. The van der Waals surface area contributed by atoms with E-state index >= 15 is 0 Å². The van der Waals surface area contributed by atoms with E-state index in [1.165, 1.54) is 5.56 Å². The van der Waals surface area contributed by atoms with Crippen molar-refractivity contribution >= 4 is 17.2 Å². The monoisotopic (exact) mass is 299 g/mol. The molecular formula is C18H21NOS. The van der Waals surface area contributed by atoms with E-state index in [0.717, 1.165) is 16.9 Å². The fourth-order valence-corrected chi connectivity index (χ4v) is 2.12. The van der Waals surface area contributed by atoms with Crippen LogP contribution in [0, 0.1) is 0 Å². The Hall–Kier alpha value is -1.87. The molecule has 0 aliphatic carbocycles. The van der Waals surface area contributed by atoms with E-state index in [-0.39, 0.29) is 5.41 Å². The summed E-state index contributed by atoms with van der Waals surface area (Å²) in [4.78, 5) is 0.402. The molecule has 2 nitrogen and oxygen atoms in total. The number of benzene rings is 2. The van der Waals surface area contributed by atoms with Crippen LogP contribution in [0.5, 0.6) is 5.75 Å². The van der Waals surface area contributed by atoms with Gasteiger partial charge in [0.25, 0.3) is 0 Å². The lowest BCUT2D eigenvalue weighted by Crippen LogP contribution is -2.10. The molecule has 110 valence electrons. The molecule has 0 bridgehead atoms. The van der Waals surface area contributed by atoms with Crippen molar-refractivity contribution in [2.24, 2.45) is 5.73 Å². The molecule has 0 saturated carbocycles. The third kappa shape index (κ3) is 4.30. The fourth-order valence-electron chi connectivity index (χ4n) is 1.98. The number of rotatable bonds is 4. The minimum Gasteiger partial charge on any atom is -0.489 e. The molecule has 21 heavy (non-hydrogen) atoms. The zero-order valence-corrected chi connectivity index (χ0v) is 13.5. The second kappa shape index (κ2) is 6.27. The van der Waals surface area contributed by atoms with Crippen LogP contribution in [0.15, 0.2) is 48.5 Å². The van der Waals surface area contributed by atoms with Crippen molar-refractivity contribution in [3.63, 3.8) is 0 Å². The molecule has 0 unspecified atom stereocenters. The first-order valence-corrected chi connectivity index (χ1v) is 7.39. The molecule has 0 heterocycles. The highest BCUT2D eigenvalue weighted by molar-refractivity contribution is 7.80. The standard InChI is InChI=1S/C18H21NOS/c1-18(2,3)15-8-4-13(5-9-15)12-20-16-10-6-14(7-11-16)17(19)21/h4-11H,12H2,1-3H3,(H2,19,21). The molecule has 2 rings (SSSR count). The third-order valence-electron chi connectivity index (χ3n) is 3.36. The Morgan fingerprint density at radius 2 is 1.57 bits per heavy atom. The Balaban J connectivity index is 1.98. The smallest absolute Gasteiger partial charge is 0.119 e. The summed E-state index contributed by atoms with van der Waals surface area (Å²) in [6.07, 6.45) is 0. The first-order valence-electron chi connectivity index (χ1n) is 6.98. The van der Waals surface area contributed by atoms with E-state index in [1.807, 2.05) is 24.3 Å². The van der Waals surface area contributed by atoms with Crippen LogP contribution >= 0.6 is 12.2 Å². The zero-order chi connectivity index (χ0) is 15.5. The molecule has 0 fully saturated rings. The Labute approximate surface area is 131 Å². The quantitative estimate of drug-likeness (QED) is 0.859. The number of nitrogens with two attached hydrogens (primary N) is 1. The predicted octanol–water partition coefficient (Wildman–Crippen LogP) is 4.20. The molecule has 0 radical (unpaired) electrons. The highest BCUT2D eigenvalue weighted by atomic mass is 32.1. The van der Waals surface area contributed by atoms with Gasteiger partial charge < -0.3 is 10.5 Å². The van der Waals surface area contributed by atoms with Crippen LogP contribution in [0.3, 0.4) is 0 Å². The van der Waals surface area contributed by atoms with Crippen LogP contribution in [-0.2, 0) is 12.0 Å². The molecule has 0 aliphatic rings. The third-order valence-corrected chi connectivity index (χ3v) is 3.60. The number of ether oxygens (including phenoxy) is 1. The topological polar surface area (TPSA) is 35.2 Å². The Kier molecular flexibility index (Phi) is 4.63. The minimum absolute atomic E-state index is 0.176. The predicted molar refractivity (Wildman–Crippen MR) is 91.8 cm³/mol. The van der Waals surface area contributed by atoms with Crippen molar-refractivity contribution in [2.75, 3.05) is 0 Å². The summed E-state index contributed by atoms with van der Waals surface area (Å²) in [5.41, 5.74) is 9.08. The summed E-state index contributed by atoms with van der Waals surface area (Å²) in [5, 5.41) is 0. The molecular weight excluding hydrogens is 278 g/mol. The summed E-state index contributed by atoms with van der Waals surface area (Å²) in [7, 11) is 0. The van der Waals surface area contributed by atoms with Gasteiger partial charge in [0.15, 0.2) is 0 Å². The molecule has 2 aromatic carbocycles. The van der Waals surface area contributed by atoms with Crippen LogP contribution in [0.25, 0.3) is 0 Å². The summed E-state index contributed by atoms with van der Waals surface area (Å²) < 4.78 is 5.77. The first kappa shape index (κ1) is 15.5. The fraction of sp³-hybridized carbons (Fsp3) is 0.278. The van der Waals surface area contributed by atoms with E-state index in [4.69, 9.17) is 22.7 Å². The van der Waals surface area contributed by atoms with Crippen molar-refractivity contribution in [1.29, 1.82) is 0 Å². The normalized spacial score (nSPS) is 11.2. The van der Waals surface area contributed by atoms with Crippen LogP contribution < -0.4 is 10.5 Å². The largest absolute Gasteiger partial charge is 0.489 e. The highest BCUT2D eigenvalue weighted by Gasteiger charge is 2.12. The van der Waals surface area contributed by atoms with Gasteiger partial charge >= 0.3 is 0 Å². The van der Waals surface area contributed by atoms with Crippen molar-refractivity contribution in [2.45, 2.75) is 32.8 Å². The van der Waals surface area contributed by atoms with Crippen LogP contribution in [0.4, 0.5) is 0 Å². The van der Waals surface area contributed by atoms with Crippen LogP contribution in [0.1, 0.15) is 37.5 Å². The maximum absolute atomic E-state index is 5.77. The lowest BCUT2D eigenvalue weighted by atomic mass is 9.87. The highest BCUT2D eigenvalue weighted by Crippen LogP contribution is 2.22. The summed E-state index contributed by atoms with van der Waals surface area (Å²) in [6, 6.07) is 16.1. The number of thiocarbonyl (C=S) groups is 1. The second-order valence-electron chi connectivity index (χ2n) is 6.12. The van der Waals surface area contributed by atoms with Gasteiger partial charge in [-0.05, 0) is 40.8 Å². The van der Waals surface area contributed by atoms with Crippen molar-refractivity contribution in [1.82, 2.24) is 0 Å². The molecule has 3 heteroatoms. The van der Waals surface area contributed by atoms with E-state index < -0.39 is 0 Å². The van der Waals surface area contributed by atoms with Gasteiger partial charge in [0.1, 0.15) is 17.3 Å². The van der Waals surface area contributed by atoms with Gasteiger partial charge in [0.2, 0.25) is 0 Å². The van der Waals surface area contributed by atoms with E-state index in [1.54, 1.807) is 0 Å². The lowest BCUT2D eigenvalue weighted by Gasteiger charge is -2.19. The van der Waals surface area contributed by atoms with Gasteiger partial charge in [-0.1, -0.05) is 57.3 Å². The van der Waals surface area contributed by atoms with Crippen molar-refractivity contribution in [3.8, 4) is 5.75 Å². The Bertz CT molecular complexity index is 609. The van der Waals surface area contributed by atoms with Gasteiger partial charge in [-0.15, -0.1) is 0 Å². The van der Waals surface area contributed by atoms with Gasteiger partial charge in [-0.25, -0.2) is 0 Å². The summed E-state index contributed by atoms with van der Waals surface area (Å²) in [6.45, 7) is 7.18. The molecule has 2 aromatic rings. The Morgan fingerprint density at radius 1 is 1.00 bits per heavy atom. The van der Waals surface area contributed by atoms with E-state index in [2.05, 4.69) is 45.0 Å². The molecule has 0 aromatic heterocycles. The molecule has 0 atom stereocenters. The molecule has 0 aliphatic heterocycles. The van der Waals surface area contributed by atoms with E-state index in [9.17, 15) is 0 Å². The summed E-state index contributed by atoms with van der Waals surface area (Å²) >= 11 is 4.93. The van der Waals surface area contributed by atoms with Gasteiger partial charge in [0.05, 0.1) is 0 Å². The number of hydrogen-bond acceptors (Lipinski definition) is 2. The average Bonchev–Trinajstić information content (AvgIpc) is 2.45. The Morgan fingerprint density at radius 3 is 2.05 bits per heavy atom. The van der Waals surface area contributed by atoms with E-state index in [0.29, 0.717) is 11.6 Å². The van der Waals surface area contributed by atoms with Gasteiger partial charge in [-0.3, -0.25) is 0 Å². The number of hydrogen-bond donors (Lipinski definition) is 1. The molecule has 2 N–H and O–H groups in total. The van der Waals surface area contributed by atoms with Crippen molar-refractivity contribution in [3.05, 3.63) is 65.2 Å². The molecule has 0 amide bonds. The lowest BCUT2D eigenvalue weighted by molar-refractivity contribution is 0.306. The maximum atomic E-state index is 5.77. The maximum Gasteiger partial charge on any atom is 0.119 e. The van der Waals surface area contributed by atoms with Crippen molar-refractivity contribution < 1.29 is 4.74 Å². The van der Waals surface area contributed by atoms with Gasteiger partial charge in [-0.2, -0.15) is 0 Å². The molecule has 0 spiro atoms. The SMILES string of the molecule is CC(C)(C)c1ccc(COc2ccc(C(N)=S)cc2)cc1. The van der Waals surface area contributed by atoms with Crippen LogP contribution in [-0.4, -0.2) is 4.99 Å². The minimum atomic E-state index is 0.176. The first-order chi connectivity index (χ1) is 9.86. The molecule has 0 saturated heterocycles. The second-order valence-corrected chi connectivity index (χ2v) is 6.56. The van der Waals surface area contributed by atoms with Gasteiger partial charge in [0, 0.05) is 5.56 Å². The van der Waals surface area contributed by atoms with Crippen LogP contribution in [0.2, 0.25) is 0 Å².